The highest BCUT2D eigenvalue weighted by Crippen LogP contribution is 2.13. The third-order valence-corrected chi connectivity index (χ3v) is 3.11. The molecule has 1 unspecified atom stereocenters. The van der Waals surface area contributed by atoms with Gasteiger partial charge in [0.1, 0.15) is 6.10 Å². The molecule has 0 aliphatic heterocycles. The van der Waals surface area contributed by atoms with E-state index in [2.05, 4.69) is 4.98 Å². The third kappa shape index (κ3) is 3.38. The second-order valence-corrected chi connectivity index (χ2v) is 4.49. The van der Waals surface area contributed by atoms with E-state index in [0.29, 0.717) is 19.4 Å². The highest BCUT2D eigenvalue weighted by Gasteiger charge is 2.17. The summed E-state index contributed by atoms with van der Waals surface area (Å²) in [5.74, 6) is 0.104. The zero-order valence-corrected chi connectivity index (χ0v) is 11.4. The van der Waals surface area contributed by atoms with Gasteiger partial charge in [-0.15, -0.1) is 0 Å². The Hall–Kier alpha value is -1.74. The number of hydrogen-bond donors (Lipinski definition) is 0. The summed E-state index contributed by atoms with van der Waals surface area (Å²) in [6.45, 7) is 4.44. The topological polar surface area (TPSA) is 39.2 Å². The van der Waals surface area contributed by atoms with Gasteiger partial charge in [0.15, 0.2) is 5.78 Å². The van der Waals surface area contributed by atoms with E-state index >= 15 is 0 Å². The molecule has 2 rings (SSSR count). The van der Waals surface area contributed by atoms with E-state index < -0.39 is 0 Å². The van der Waals surface area contributed by atoms with Crippen molar-refractivity contribution in [3.63, 3.8) is 0 Å². The number of carbonyl (C=O) groups is 1. The molecule has 0 fully saturated rings. The van der Waals surface area contributed by atoms with Crippen LogP contribution in [0.25, 0.3) is 10.9 Å². The Morgan fingerprint density at radius 2 is 2.00 bits per heavy atom. The van der Waals surface area contributed by atoms with Gasteiger partial charge in [-0.2, -0.15) is 0 Å². The van der Waals surface area contributed by atoms with Crippen LogP contribution in [0.5, 0.6) is 0 Å². The molecule has 0 aliphatic rings. The number of fused-ring (bicyclic) bond motifs is 1. The summed E-state index contributed by atoms with van der Waals surface area (Å²) in [5, 5.41) is 1.09. The van der Waals surface area contributed by atoms with Crippen molar-refractivity contribution in [1.29, 1.82) is 0 Å². The zero-order chi connectivity index (χ0) is 13.7. The number of ketones is 1. The number of hydrogen-bond acceptors (Lipinski definition) is 3. The molecule has 2 aromatic rings. The molecular weight excluding hydrogens is 238 g/mol. The van der Waals surface area contributed by atoms with Gasteiger partial charge in [-0.25, -0.2) is 0 Å². The van der Waals surface area contributed by atoms with Crippen LogP contribution in [0.15, 0.2) is 36.4 Å². The number of ether oxygens (including phenoxy) is 1. The Morgan fingerprint density at radius 3 is 2.74 bits per heavy atom. The van der Waals surface area contributed by atoms with Crippen molar-refractivity contribution in [2.24, 2.45) is 0 Å². The number of benzene rings is 1. The lowest BCUT2D eigenvalue weighted by atomic mass is 10.1. The summed E-state index contributed by atoms with van der Waals surface area (Å²) in [6.07, 6.45) is 0.738. The van der Waals surface area contributed by atoms with Crippen LogP contribution in [0.4, 0.5) is 0 Å². The maximum absolute atomic E-state index is 12.1. The van der Waals surface area contributed by atoms with Crippen LogP contribution in [-0.4, -0.2) is 23.5 Å². The monoisotopic (exact) mass is 257 g/mol. The first kappa shape index (κ1) is 13.7. The summed E-state index contributed by atoms with van der Waals surface area (Å²) in [7, 11) is 0. The number of rotatable bonds is 6. The van der Waals surface area contributed by atoms with Gasteiger partial charge in [0.2, 0.25) is 0 Å². The van der Waals surface area contributed by atoms with Crippen molar-refractivity contribution in [1.82, 2.24) is 4.98 Å². The van der Waals surface area contributed by atoms with Crippen molar-refractivity contribution < 1.29 is 9.53 Å². The van der Waals surface area contributed by atoms with E-state index in [0.717, 1.165) is 16.6 Å². The second-order valence-electron chi connectivity index (χ2n) is 4.49. The highest BCUT2D eigenvalue weighted by atomic mass is 16.5. The lowest BCUT2D eigenvalue weighted by Gasteiger charge is -2.13. The first-order valence-electron chi connectivity index (χ1n) is 6.73. The Bertz CT molecular complexity index is 565. The first-order chi connectivity index (χ1) is 9.24. The van der Waals surface area contributed by atoms with Crippen LogP contribution in [0.3, 0.4) is 0 Å². The molecule has 0 aliphatic carbocycles. The molecule has 0 radical (unpaired) electrons. The normalized spacial score (nSPS) is 12.5. The zero-order valence-electron chi connectivity index (χ0n) is 11.4. The highest BCUT2D eigenvalue weighted by molar-refractivity contribution is 5.86. The molecule has 3 heteroatoms. The summed E-state index contributed by atoms with van der Waals surface area (Å²) in [5.41, 5.74) is 1.74. The summed E-state index contributed by atoms with van der Waals surface area (Å²) in [4.78, 5) is 16.6. The molecule has 3 nitrogen and oxygen atoms in total. The molecule has 0 spiro atoms. The van der Waals surface area contributed by atoms with Crippen LogP contribution in [0.2, 0.25) is 0 Å². The number of nitrogens with zero attached hydrogens (tertiary/aromatic N) is 1. The quantitative estimate of drug-likeness (QED) is 0.798. The molecule has 19 heavy (non-hydrogen) atoms. The van der Waals surface area contributed by atoms with Crippen molar-refractivity contribution in [3.8, 4) is 0 Å². The van der Waals surface area contributed by atoms with Crippen molar-refractivity contribution >= 4 is 16.7 Å². The fourth-order valence-corrected chi connectivity index (χ4v) is 2.14. The van der Waals surface area contributed by atoms with Gasteiger partial charge >= 0.3 is 0 Å². The molecule has 0 bridgehead atoms. The number of pyridine rings is 1. The number of carbonyl (C=O) groups excluding carboxylic acids is 1. The lowest BCUT2D eigenvalue weighted by Crippen LogP contribution is -2.25. The lowest BCUT2D eigenvalue weighted by molar-refractivity contribution is -0.129. The molecule has 0 saturated carbocycles. The molecule has 0 amide bonds. The van der Waals surface area contributed by atoms with E-state index in [1.54, 1.807) is 0 Å². The maximum Gasteiger partial charge on any atom is 0.167 e. The van der Waals surface area contributed by atoms with Gasteiger partial charge in [0, 0.05) is 17.7 Å². The van der Waals surface area contributed by atoms with Crippen LogP contribution in [0, 0.1) is 0 Å². The van der Waals surface area contributed by atoms with E-state index in [1.165, 1.54) is 0 Å². The van der Waals surface area contributed by atoms with Gasteiger partial charge in [0.25, 0.3) is 0 Å². The van der Waals surface area contributed by atoms with E-state index in [4.69, 9.17) is 4.74 Å². The van der Waals surface area contributed by atoms with Gasteiger partial charge in [-0.05, 0) is 25.5 Å². The molecule has 0 saturated heterocycles. The fourth-order valence-electron chi connectivity index (χ4n) is 2.14. The third-order valence-electron chi connectivity index (χ3n) is 3.11. The van der Waals surface area contributed by atoms with E-state index in [-0.39, 0.29) is 11.9 Å². The number of aromatic nitrogens is 1. The average molecular weight is 257 g/mol. The molecule has 100 valence electrons. The number of para-hydroxylation sites is 1. The summed E-state index contributed by atoms with van der Waals surface area (Å²) < 4.78 is 5.44. The second kappa shape index (κ2) is 6.43. The van der Waals surface area contributed by atoms with E-state index in [9.17, 15) is 4.79 Å². The van der Waals surface area contributed by atoms with Crippen molar-refractivity contribution in [2.45, 2.75) is 32.8 Å². The SMILES string of the molecule is CCOC(CC)C(=O)Cc1ccc2ccccc2n1. The van der Waals surface area contributed by atoms with Crippen LogP contribution >= 0.6 is 0 Å². The van der Waals surface area contributed by atoms with Gasteiger partial charge in [-0.1, -0.05) is 31.2 Å². The minimum atomic E-state index is -0.307. The van der Waals surface area contributed by atoms with Gasteiger partial charge < -0.3 is 4.74 Å². The molecule has 1 aromatic heterocycles. The fraction of sp³-hybridized carbons (Fsp3) is 0.375. The van der Waals surface area contributed by atoms with Crippen LogP contribution in [0.1, 0.15) is 26.0 Å². The van der Waals surface area contributed by atoms with Gasteiger partial charge in [0.05, 0.1) is 11.9 Å². The largest absolute Gasteiger partial charge is 0.371 e. The van der Waals surface area contributed by atoms with Crippen molar-refractivity contribution in [2.75, 3.05) is 6.61 Å². The minimum Gasteiger partial charge on any atom is -0.371 e. The number of Topliss-reactive ketones (excluding diaryl/α,β-unsaturated/α-hetero) is 1. The maximum atomic E-state index is 12.1. The molecule has 1 atom stereocenters. The van der Waals surface area contributed by atoms with Crippen molar-refractivity contribution in [3.05, 3.63) is 42.1 Å². The van der Waals surface area contributed by atoms with Crippen LogP contribution < -0.4 is 0 Å². The molecular formula is C16H19NO2. The smallest absolute Gasteiger partial charge is 0.167 e. The predicted molar refractivity (Wildman–Crippen MR) is 76.2 cm³/mol. The van der Waals surface area contributed by atoms with Gasteiger partial charge in [-0.3, -0.25) is 9.78 Å². The Balaban J connectivity index is 2.14. The summed E-state index contributed by atoms with van der Waals surface area (Å²) >= 11 is 0. The molecule has 0 N–H and O–H groups in total. The first-order valence-corrected chi connectivity index (χ1v) is 6.73. The average Bonchev–Trinajstić information content (AvgIpc) is 2.44. The Kier molecular flexibility index (Phi) is 4.63. The van der Waals surface area contributed by atoms with E-state index in [1.807, 2.05) is 50.2 Å². The van der Waals surface area contributed by atoms with Crippen LogP contribution in [-0.2, 0) is 16.0 Å². The minimum absolute atomic E-state index is 0.104. The molecule has 1 heterocycles. The summed E-state index contributed by atoms with van der Waals surface area (Å²) in [6, 6.07) is 11.8. The Morgan fingerprint density at radius 1 is 1.21 bits per heavy atom. The standard InChI is InChI=1S/C16H19NO2/c1-3-16(19-4-2)15(18)11-13-10-9-12-7-5-6-8-14(12)17-13/h5-10,16H,3-4,11H2,1-2H3. The predicted octanol–water partition coefficient (Wildman–Crippen LogP) is 3.16. The molecule has 1 aromatic carbocycles. The Labute approximate surface area is 113 Å².